The van der Waals surface area contributed by atoms with Gasteiger partial charge in [-0.3, -0.25) is 9.36 Å². The summed E-state index contributed by atoms with van der Waals surface area (Å²) in [6.45, 7) is 0. The second-order valence-electron chi connectivity index (χ2n) is 7.56. The maximum absolute atomic E-state index is 12.3. The van der Waals surface area contributed by atoms with E-state index < -0.39 is 0 Å². The number of thioether (sulfide) groups is 1. The third-order valence-electron chi connectivity index (χ3n) is 4.94. The number of hydrogen-bond donors (Lipinski definition) is 0. The van der Waals surface area contributed by atoms with Crippen LogP contribution in [0, 0.1) is 0 Å². The van der Waals surface area contributed by atoms with E-state index in [2.05, 4.69) is 26.9 Å². The zero-order valence-corrected chi connectivity index (χ0v) is 19.5. The monoisotopic (exact) mass is 462 g/mol. The molecule has 0 saturated carbocycles. The molecule has 4 aromatic rings. The third-order valence-corrected chi connectivity index (χ3v) is 6.19. The number of carbonyl (C=O) groups is 1. The van der Waals surface area contributed by atoms with Crippen molar-refractivity contribution in [2.75, 3.05) is 14.1 Å². The van der Waals surface area contributed by atoms with Crippen LogP contribution in [-0.2, 0) is 12.2 Å². The van der Waals surface area contributed by atoms with Crippen molar-refractivity contribution in [2.24, 2.45) is 0 Å². The van der Waals surface area contributed by atoms with Crippen LogP contribution in [0.1, 0.15) is 27.3 Å². The van der Waals surface area contributed by atoms with Gasteiger partial charge in [0, 0.05) is 42.5 Å². The molecule has 0 aliphatic carbocycles. The molecule has 162 valence electrons. The van der Waals surface area contributed by atoms with Gasteiger partial charge >= 0.3 is 0 Å². The summed E-state index contributed by atoms with van der Waals surface area (Å²) in [6.07, 6.45) is 0.670. The molecule has 7 heteroatoms. The van der Waals surface area contributed by atoms with Gasteiger partial charge in [0.15, 0.2) is 5.16 Å². The average molecular weight is 463 g/mol. The number of benzene rings is 3. The van der Waals surface area contributed by atoms with Crippen molar-refractivity contribution in [1.29, 1.82) is 0 Å². The molecule has 0 radical (unpaired) electrons. The summed E-state index contributed by atoms with van der Waals surface area (Å²) in [5.74, 6) is 1.52. The molecule has 0 unspecified atom stereocenters. The van der Waals surface area contributed by atoms with Crippen LogP contribution in [0.15, 0.2) is 84.0 Å². The van der Waals surface area contributed by atoms with Crippen LogP contribution < -0.4 is 0 Å². The van der Waals surface area contributed by atoms with Gasteiger partial charge in [0.2, 0.25) is 0 Å². The van der Waals surface area contributed by atoms with Crippen LogP contribution in [0.5, 0.6) is 0 Å². The first-order valence-electron chi connectivity index (χ1n) is 10.2. The molecule has 1 aromatic heterocycles. The molecular weight excluding hydrogens is 440 g/mol. The summed E-state index contributed by atoms with van der Waals surface area (Å²) in [7, 11) is 3.51. The highest BCUT2D eigenvalue weighted by atomic mass is 35.5. The van der Waals surface area contributed by atoms with Gasteiger partial charge in [0.25, 0.3) is 5.91 Å². The number of halogens is 1. The Morgan fingerprint density at radius 2 is 1.66 bits per heavy atom. The maximum atomic E-state index is 12.3. The second-order valence-corrected chi connectivity index (χ2v) is 8.94. The number of carbonyl (C=O) groups excluding carboxylic acids is 1. The lowest BCUT2D eigenvalue weighted by atomic mass is 10.1. The number of amides is 1. The van der Waals surface area contributed by atoms with Crippen LogP contribution in [0.25, 0.3) is 5.69 Å². The van der Waals surface area contributed by atoms with E-state index in [9.17, 15) is 4.79 Å². The van der Waals surface area contributed by atoms with Gasteiger partial charge in [-0.2, -0.15) is 0 Å². The lowest BCUT2D eigenvalue weighted by Gasteiger charge is -2.12. The van der Waals surface area contributed by atoms with Crippen LogP contribution in [-0.4, -0.2) is 39.7 Å². The second kappa shape index (κ2) is 10.0. The van der Waals surface area contributed by atoms with Crippen LogP contribution in [0.3, 0.4) is 0 Å². The van der Waals surface area contributed by atoms with E-state index in [4.69, 9.17) is 11.6 Å². The molecule has 0 fully saturated rings. The fourth-order valence-electron chi connectivity index (χ4n) is 3.34. The van der Waals surface area contributed by atoms with E-state index in [1.807, 2.05) is 66.7 Å². The lowest BCUT2D eigenvalue weighted by Crippen LogP contribution is -2.21. The van der Waals surface area contributed by atoms with Crippen molar-refractivity contribution in [3.8, 4) is 5.69 Å². The first-order valence-corrected chi connectivity index (χ1v) is 11.5. The van der Waals surface area contributed by atoms with Gasteiger partial charge in [-0.15, -0.1) is 10.2 Å². The summed E-state index contributed by atoms with van der Waals surface area (Å²) >= 11 is 7.70. The smallest absolute Gasteiger partial charge is 0.253 e. The summed E-state index contributed by atoms with van der Waals surface area (Å²) in [4.78, 5) is 13.9. The molecule has 3 aromatic carbocycles. The highest BCUT2D eigenvalue weighted by Crippen LogP contribution is 2.27. The van der Waals surface area contributed by atoms with Crippen LogP contribution in [0.4, 0.5) is 0 Å². The third kappa shape index (κ3) is 5.21. The molecule has 0 aliphatic rings. The summed E-state index contributed by atoms with van der Waals surface area (Å²) in [6, 6.07) is 25.6. The fourth-order valence-corrected chi connectivity index (χ4v) is 4.38. The Balaban J connectivity index is 1.62. The quantitative estimate of drug-likeness (QED) is 0.340. The highest BCUT2D eigenvalue weighted by molar-refractivity contribution is 7.98. The fraction of sp³-hybridized carbons (Fsp3) is 0.160. The summed E-state index contributed by atoms with van der Waals surface area (Å²) < 4.78 is 2.07. The standard InChI is InChI=1S/C25H23ClN4OS/c1-29(2)24(31)20-10-6-9-19(15-20)17-32-25-28-27-23(16-18-7-4-3-5-8-18)30(25)22-13-11-21(26)12-14-22/h3-15H,16-17H2,1-2H3. The van der Waals surface area contributed by atoms with Gasteiger partial charge in [0.05, 0.1) is 0 Å². The van der Waals surface area contributed by atoms with Gasteiger partial charge in [-0.05, 0) is 47.5 Å². The molecule has 0 saturated heterocycles. The van der Waals surface area contributed by atoms with Crippen LogP contribution in [0.2, 0.25) is 5.02 Å². The minimum Gasteiger partial charge on any atom is -0.345 e. The van der Waals surface area contributed by atoms with Crippen molar-refractivity contribution >= 4 is 29.3 Å². The van der Waals surface area contributed by atoms with E-state index in [0.717, 1.165) is 22.2 Å². The Labute approximate surface area is 197 Å². The molecule has 4 rings (SSSR count). The van der Waals surface area contributed by atoms with Crippen LogP contribution >= 0.6 is 23.4 Å². The maximum Gasteiger partial charge on any atom is 0.253 e. The van der Waals surface area contributed by atoms with E-state index >= 15 is 0 Å². The average Bonchev–Trinajstić information content (AvgIpc) is 3.20. The Kier molecular flexibility index (Phi) is 6.93. The van der Waals surface area contributed by atoms with E-state index in [1.165, 1.54) is 5.56 Å². The first kappa shape index (κ1) is 22.1. The number of nitrogens with zero attached hydrogens (tertiary/aromatic N) is 4. The van der Waals surface area contributed by atoms with Crippen molar-refractivity contribution in [3.05, 3.63) is 106 Å². The molecule has 0 aliphatic heterocycles. The first-order chi connectivity index (χ1) is 15.5. The number of aromatic nitrogens is 3. The lowest BCUT2D eigenvalue weighted by molar-refractivity contribution is 0.0827. The SMILES string of the molecule is CN(C)C(=O)c1cccc(CSc2nnc(Cc3ccccc3)n2-c2ccc(Cl)cc2)c1. The minimum absolute atomic E-state index is 0.00803. The molecule has 0 bridgehead atoms. The van der Waals surface area contributed by atoms with Crippen molar-refractivity contribution in [3.63, 3.8) is 0 Å². The van der Waals surface area contributed by atoms with E-state index in [-0.39, 0.29) is 5.91 Å². The van der Waals surface area contributed by atoms with Gasteiger partial charge in [-0.1, -0.05) is 65.8 Å². The molecule has 1 heterocycles. The highest BCUT2D eigenvalue weighted by Gasteiger charge is 2.16. The molecule has 0 spiro atoms. The summed E-state index contributed by atoms with van der Waals surface area (Å²) in [5, 5.41) is 10.4. The largest absolute Gasteiger partial charge is 0.345 e. The molecule has 0 atom stereocenters. The van der Waals surface area contributed by atoms with Gasteiger partial charge in [0.1, 0.15) is 5.82 Å². The zero-order chi connectivity index (χ0) is 22.5. The molecular formula is C25H23ClN4OS. The summed E-state index contributed by atoms with van der Waals surface area (Å²) in [5.41, 5.74) is 3.86. The number of hydrogen-bond acceptors (Lipinski definition) is 4. The predicted octanol–water partition coefficient (Wildman–Crippen LogP) is 5.51. The molecule has 1 amide bonds. The Morgan fingerprint density at radius 3 is 2.38 bits per heavy atom. The Hall–Kier alpha value is -3.09. The number of rotatable bonds is 7. The Morgan fingerprint density at radius 1 is 0.938 bits per heavy atom. The zero-order valence-electron chi connectivity index (χ0n) is 17.9. The van der Waals surface area contributed by atoms with Gasteiger partial charge < -0.3 is 4.90 Å². The van der Waals surface area contributed by atoms with Crippen molar-refractivity contribution < 1.29 is 4.79 Å². The minimum atomic E-state index is -0.00803. The molecule has 32 heavy (non-hydrogen) atoms. The molecule has 0 N–H and O–H groups in total. The van der Waals surface area contributed by atoms with Crippen molar-refractivity contribution in [1.82, 2.24) is 19.7 Å². The topological polar surface area (TPSA) is 51.0 Å². The normalized spacial score (nSPS) is 10.8. The van der Waals surface area contributed by atoms with Crippen molar-refractivity contribution in [2.45, 2.75) is 17.3 Å². The van der Waals surface area contributed by atoms with E-state index in [0.29, 0.717) is 22.8 Å². The van der Waals surface area contributed by atoms with Gasteiger partial charge in [-0.25, -0.2) is 0 Å². The molecule has 5 nitrogen and oxygen atoms in total. The predicted molar refractivity (Wildman–Crippen MR) is 130 cm³/mol. The van der Waals surface area contributed by atoms with E-state index in [1.54, 1.807) is 30.8 Å². The Bertz CT molecular complexity index is 1210.